The lowest BCUT2D eigenvalue weighted by atomic mass is 9.81. The van der Waals surface area contributed by atoms with Gasteiger partial charge >= 0.3 is 7.12 Å². The smallest absolute Gasteiger partial charge is 0.423 e. The molecule has 0 radical (unpaired) electrons. The van der Waals surface area contributed by atoms with Gasteiger partial charge in [-0.2, -0.15) is 4.39 Å². The highest BCUT2D eigenvalue weighted by atomic mass is 19.1. The van der Waals surface area contributed by atoms with Crippen molar-refractivity contribution in [1.29, 1.82) is 0 Å². The molecular weight excluding hydrogens is 160 g/mol. The quantitative estimate of drug-likeness (QED) is 0.463. The molecule has 0 bridgehead atoms. The highest BCUT2D eigenvalue weighted by molar-refractivity contribution is 6.58. The van der Waals surface area contributed by atoms with E-state index in [1.54, 1.807) is 0 Å². The second kappa shape index (κ2) is 3.47. The maximum absolute atomic E-state index is 12.7. The number of pyridine rings is 1. The zero-order valence-corrected chi connectivity index (χ0v) is 6.24. The number of rotatable bonds is 2. The summed E-state index contributed by atoms with van der Waals surface area (Å²) in [6, 6.07) is 1.28. The summed E-state index contributed by atoms with van der Waals surface area (Å²) >= 11 is 0. The Labute approximate surface area is 69.3 Å². The van der Waals surface area contributed by atoms with E-state index in [0.29, 0.717) is 0 Å². The molecule has 0 fully saturated rings. The van der Waals surface area contributed by atoms with E-state index < -0.39 is 13.1 Å². The van der Waals surface area contributed by atoms with Crippen molar-refractivity contribution in [3.8, 4) is 0 Å². The summed E-state index contributed by atoms with van der Waals surface area (Å²) in [5.41, 5.74) is 0.298. The molecule has 0 unspecified atom stereocenters. The van der Waals surface area contributed by atoms with Crippen LogP contribution in [0.2, 0.25) is 0 Å². The topological polar surface area (TPSA) is 53.4 Å². The molecule has 0 saturated heterocycles. The molecule has 0 amide bonds. The molecule has 0 spiro atoms. The van der Waals surface area contributed by atoms with Gasteiger partial charge in [-0.05, 0) is 6.07 Å². The Morgan fingerprint density at radius 2 is 2.25 bits per heavy atom. The van der Waals surface area contributed by atoms with Gasteiger partial charge in [-0.15, -0.1) is 0 Å². The zero-order valence-electron chi connectivity index (χ0n) is 6.24. The molecule has 0 saturated carbocycles. The third-order valence-electron chi connectivity index (χ3n) is 1.41. The summed E-state index contributed by atoms with van der Waals surface area (Å²) in [6.07, 6.45) is 2.32. The van der Waals surface area contributed by atoms with Crippen molar-refractivity contribution in [2.75, 3.05) is 0 Å². The summed E-state index contributed by atoms with van der Waals surface area (Å²) in [5, 5.41) is 17.4. The number of hydrogen-bond donors (Lipinski definition) is 2. The van der Waals surface area contributed by atoms with Crippen LogP contribution in [0.1, 0.15) is 5.56 Å². The third kappa shape index (κ3) is 1.69. The number of halogens is 1. The van der Waals surface area contributed by atoms with Gasteiger partial charge in [-0.1, -0.05) is 12.7 Å². The van der Waals surface area contributed by atoms with Crippen molar-refractivity contribution >= 4 is 18.7 Å². The molecule has 0 aliphatic carbocycles. The van der Waals surface area contributed by atoms with Crippen LogP contribution < -0.4 is 5.46 Å². The minimum Gasteiger partial charge on any atom is -0.423 e. The summed E-state index contributed by atoms with van der Waals surface area (Å²) in [7, 11) is -1.63. The Hall–Kier alpha value is -1.20. The van der Waals surface area contributed by atoms with Crippen molar-refractivity contribution in [3.63, 3.8) is 0 Å². The molecule has 1 heterocycles. The van der Waals surface area contributed by atoms with Crippen LogP contribution in [0, 0.1) is 5.95 Å². The molecular formula is C7H7BFNO2. The van der Waals surface area contributed by atoms with Crippen LogP contribution in [0.5, 0.6) is 0 Å². The number of hydrogen-bond acceptors (Lipinski definition) is 3. The second-order valence-corrected chi connectivity index (χ2v) is 2.23. The predicted molar refractivity (Wildman–Crippen MR) is 44.1 cm³/mol. The van der Waals surface area contributed by atoms with E-state index in [1.165, 1.54) is 12.1 Å². The fraction of sp³-hybridized carbons (Fsp3) is 0. The number of nitrogens with zero attached hydrogens (tertiary/aromatic N) is 1. The van der Waals surface area contributed by atoms with E-state index in [4.69, 9.17) is 10.0 Å². The molecule has 1 aromatic heterocycles. The highest BCUT2D eigenvalue weighted by Crippen LogP contribution is 2.02. The normalized spacial score (nSPS) is 9.58. The largest absolute Gasteiger partial charge is 0.490 e. The first-order valence-electron chi connectivity index (χ1n) is 3.29. The van der Waals surface area contributed by atoms with E-state index >= 15 is 0 Å². The Bertz CT molecular complexity index is 303. The van der Waals surface area contributed by atoms with Crippen molar-refractivity contribution in [2.45, 2.75) is 0 Å². The van der Waals surface area contributed by atoms with Gasteiger partial charge in [0.15, 0.2) is 0 Å². The van der Waals surface area contributed by atoms with Crippen molar-refractivity contribution in [1.82, 2.24) is 4.98 Å². The van der Waals surface area contributed by atoms with Gasteiger partial charge in [0.25, 0.3) is 0 Å². The van der Waals surface area contributed by atoms with Crippen molar-refractivity contribution in [2.24, 2.45) is 0 Å². The molecule has 5 heteroatoms. The maximum atomic E-state index is 12.7. The first kappa shape index (κ1) is 8.90. The van der Waals surface area contributed by atoms with Crippen LogP contribution in [-0.2, 0) is 0 Å². The van der Waals surface area contributed by atoms with E-state index in [9.17, 15) is 4.39 Å². The molecule has 1 rings (SSSR count). The minimum atomic E-state index is -1.63. The van der Waals surface area contributed by atoms with Gasteiger partial charge in [-0.25, -0.2) is 4.98 Å². The molecule has 1 aromatic rings. The van der Waals surface area contributed by atoms with E-state index in [-0.39, 0.29) is 11.0 Å². The van der Waals surface area contributed by atoms with Gasteiger partial charge < -0.3 is 10.0 Å². The lowest BCUT2D eigenvalue weighted by molar-refractivity contribution is 0.425. The molecule has 0 aliphatic heterocycles. The predicted octanol–water partition coefficient (Wildman–Crippen LogP) is -0.456. The lowest BCUT2D eigenvalue weighted by Crippen LogP contribution is -2.30. The van der Waals surface area contributed by atoms with Crippen LogP contribution in [0.4, 0.5) is 4.39 Å². The van der Waals surface area contributed by atoms with Gasteiger partial charge in [0.05, 0.1) is 0 Å². The summed E-state index contributed by atoms with van der Waals surface area (Å²) in [4.78, 5) is 3.31. The highest BCUT2D eigenvalue weighted by Gasteiger charge is 2.12. The summed E-state index contributed by atoms with van der Waals surface area (Å²) in [6.45, 7) is 3.35. The van der Waals surface area contributed by atoms with E-state index in [1.807, 2.05) is 0 Å². The first-order valence-corrected chi connectivity index (χ1v) is 3.29. The SMILES string of the molecule is C=Cc1cc(B(O)O)cnc1F. The van der Waals surface area contributed by atoms with E-state index in [0.717, 1.165) is 6.20 Å². The maximum Gasteiger partial charge on any atom is 0.490 e. The second-order valence-electron chi connectivity index (χ2n) is 2.23. The average Bonchev–Trinajstić information content (AvgIpc) is 2.05. The Balaban J connectivity index is 3.13. The fourth-order valence-corrected chi connectivity index (χ4v) is 0.766. The molecule has 0 aromatic carbocycles. The Kier molecular flexibility index (Phi) is 2.57. The van der Waals surface area contributed by atoms with Gasteiger partial charge in [-0.3, -0.25) is 0 Å². The molecule has 12 heavy (non-hydrogen) atoms. The van der Waals surface area contributed by atoms with Gasteiger partial charge in [0.2, 0.25) is 5.95 Å². The zero-order chi connectivity index (χ0) is 9.14. The van der Waals surface area contributed by atoms with Crippen LogP contribution in [0.25, 0.3) is 6.08 Å². The molecule has 3 nitrogen and oxygen atoms in total. The monoisotopic (exact) mass is 167 g/mol. The van der Waals surface area contributed by atoms with Crippen molar-refractivity contribution < 1.29 is 14.4 Å². The Morgan fingerprint density at radius 3 is 2.75 bits per heavy atom. The van der Waals surface area contributed by atoms with Crippen molar-refractivity contribution in [3.05, 3.63) is 30.4 Å². The fourth-order valence-electron chi connectivity index (χ4n) is 0.766. The molecule has 0 atom stereocenters. The third-order valence-corrected chi connectivity index (χ3v) is 1.41. The van der Waals surface area contributed by atoms with Crippen LogP contribution in [0.3, 0.4) is 0 Å². The standard InChI is InChI=1S/C7H7BFNO2/c1-2-5-3-6(8(11)12)4-10-7(5)9/h2-4,11-12H,1H2. The first-order chi connectivity index (χ1) is 5.65. The lowest BCUT2D eigenvalue weighted by Gasteiger charge is -2.00. The van der Waals surface area contributed by atoms with Crippen LogP contribution in [-0.4, -0.2) is 22.2 Å². The molecule has 0 aliphatic rings. The van der Waals surface area contributed by atoms with Crippen LogP contribution in [0.15, 0.2) is 18.8 Å². The Morgan fingerprint density at radius 1 is 1.58 bits per heavy atom. The van der Waals surface area contributed by atoms with Gasteiger partial charge in [0, 0.05) is 17.2 Å². The molecule has 2 N–H and O–H groups in total. The minimum absolute atomic E-state index is 0.145. The van der Waals surface area contributed by atoms with E-state index in [2.05, 4.69) is 11.6 Å². The van der Waals surface area contributed by atoms with Gasteiger partial charge in [0.1, 0.15) is 0 Å². The van der Waals surface area contributed by atoms with Crippen LogP contribution >= 0.6 is 0 Å². The number of aromatic nitrogens is 1. The summed E-state index contributed by atoms with van der Waals surface area (Å²) in [5.74, 6) is -0.672. The summed E-state index contributed by atoms with van der Waals surface area (Å²) < 4.78 is 12.7. The molecule has 62 valence electrons. The average molecular weight is 167 g/mol.